The second-order valence-corrected chi connectivity index (χ2v) is 8.04. The summed E-state index contributed by atoms with van der Waals surface area (Å²) in [6, 6.07) is 7.31. The van der Waals surface area contributed by atoms with Gasteiger partial charge in [-0.05, 0) is 36.4 Å². The molecule has 1 aromatic heterocycles. The van der Waals surface area contributed by atoms with E-state index in [0.717, 1.165) is 10.9 Å². The van der Waals surface area contributed by atoms with Crippen LogP contribution in [0.2, 0.25) is 0 Å². The number of nitrogens with one attached hydrogen (secondary N) is 2. The molecule has 0 atom stereocenters. The SMILES string of the molecule is CCC(CC)(CNC(=O)c1ccc2cc[nH]c2c1)S(C)(=O)=O. The molecule has 0 aliphatic heterocycles. The predicted octanol–water partition coefficient (Wildman–Crippen LogP) is 2.50. The molecule has 22 heavy (non-hydrogen) atoms. The number of H-pyrrole nitrogens is 1. The molecule has 0 radical (unpaired) electrons. The molecule has 1 amide bonds. The summed E-state index contributed by atoms with van der Waals surface area (Å²) in [5.41, 5.74) is 1.40. The van der Waals surface area contributed by atoms with Crippen LogP contribution in [-0.2, 0) is 9.84 Å². The molecule has 2 N–H and O–H groups in total. The first-order chi connectivity index (χ1) is 10.3. The summed E-state index contributed by atoms with van der Waals surface area (Å²) in [6.45, 7) is 3.80. The zero-order chi connectivity index (χ0) is 16.4. The number of fused-ring (bicyclic) bond motifs is 1. The van der Waals surface area contributed by atoms with Crippen molar-refractivity contribution in [1.82, 2.24) is 10.3 Å². The molecule has 0 aliphatic rings. The fourth-order valence-corrected chi connectivity index (χ4v) is 4.07. The van der Waals surface area contributed by atoms with Crippen LogP contribution in [0.3, 0.4) is 0 Å². The van der Waals surface area contributed by atoms with Crippen molar-refractivity contribution in [2.24, 2.45) is 0 Å². The quantitative estimate of drug-likeness (QED) is 0.857. The fourth-order valence-electron chi connectivity index (χ4n) is 2.69. The van der Waals surface area contributed by atoms with E-state index < -0.39 is 14.6 Å². The molecule has 0 aliphatic carbocycles. The van der Waals surface area contributed by atoms with Gasteiger partial charge in [0.25, 0.3) is 5.91 Å². The lowest BCUT2D eigenvalue weighted by molar-refractivity contribution is 0.0948. The lowest BCUT2D eigenvalue weighted by atomic mass is 10.0. The van der Waals surface area contributed by atoms with Crippen molar-refractivity contribution in [1.29, 1.82) is 0 Å². The third-order valence-corrected chi connectivity index (χ3v) is 6.76. The minimum atomic E-state index is -3.25. The van der Waals surface area contributed by atoms with Gasteiger partial charge in [0.15, 0.2) is 9.84 Å². The lowest BCUT2D eigenvalue weighted by Crippen LogP contribution is -2.47. The maximum absolute atomic E-state index is 12.3. The van der Waals surface area contributed by atoms with Crippen molar-refractivity contribution in [2.75, 3.05) is 12.8 Å². The molecule has 2 rings (SSSR count). The van der Waals surface area contributed by atoms with Crippen LogP contribution in [0.5, 0.6) is 0 Å². The molecular formula is C16H22N2O3S. The summed E-state index contributed by atoms with van der Waals surface area (Å²) >= 11 is 0. The van der Waals surface area contributed by atoms with Crippen LogP contribution >= 0.6 is 0 Å². The van der Waals surface area contributed by atoms with Gasteiger partial charge in [-0.3, -0.25) is 4.79 Å². The van der Waals surface area contributed by atoms with Gasteiger partial charge in [0.05, 0.1) is 4.75 Å². The number of hydrogen-bond donors (Lipinski definition) is 2. The minimum Gasteiger partial charge on any atom is -0.361 e. The zero-order valence-corrected chi connectivity index (χ0v) is 14.0. The average Bonchev–Trinajstić information content (AvgIpc) is 2.94. The molecule has 5 nitrogen and oxygen atoms in total. The first-order valence-corrected chi connectivity index (χ1v) is 9.27. The topological polar surface area (TPSA) is 79.0 Å². The molecule has 0 saturated heterocycles. The Morgan fingerprint density at radius 1 is 1.23 bits per heavy atom. The number of sulfone groups is 1. The molecule has 1 heterocycles. The summed E-state index contributed by atoms with van der Waals surface area (Å²) < 4.78 is 23.2. The van der Waals surface area contributed by atoms with Crippen molar-refractivity contribution in [2.45, 2.75) is 31.4 Å². The average molecular weight is 322 g/mol. The first kappa shape index (κ1) is 16.5. The summed E-state index contributed by atoms with van der Waals surface area (Å²) in [7, 11) is -3.25. The number of hydrogen-bond acceptors (Lipinski definition) is 3. The Bertz CT molecular complexity index is 774. The van der Waals surface area contributed by atoms with E-state index in [2.05, 4.69) is 10.3 Å². The van der Waals surface area contributed by atoms with Gasteiger partial charge in [-0.15, -0.1) is 0 Å². The van der Waals surface area contributed by atoms with Crippen molar-refractivity contribution >= 4 is 26.6 Å². The zero-order valence-electron chi connectivity index (χ0n) is 13.1. The second kappa shape index (κ2) is 6.12. The number of benzene rings is 1. The third kappa shape index (κ3) is 3.02. The Balaban J connectivity index is 2.17. The van der Waals surface area contributed by atoms with Crippen molar-refractivity contribution < 1.29 is 13.2 Å². The van der Waals surface area contributed by atoms with Gasteiger partial charge in [0.1, 0.15) is 0 Å². The molecule has 2 aromatic rings. The van der Waals surface area contributed by atoms with Gasteiger partial charge in [0.2, 0.25) is 0 Å². The third-order valence-electron chi connectivity index (χ3n) is 4.46. The monoisotopic (exact) mass is 322 g/mol. The van der Waals surface area contributed by atoms with E-state index in [9.17, 15) is 13.2 Å². The maximum atomic E-state index is 12.3. The predicted molar refractivity (Wildman–Crippen MR) is 88.8 cm³/mol. The van der Waals surface area contributed by atoms with E-state index in [-0.39, 0.29) is 12.5 Å². The van der Waals surface area contributed by atoms with E-state index in [1.807, 2.05) is 32.2 Å². The van der Waals surface area contributed by atoms with E-state index in [0.29, 0.717) is 18.4 Å². The Morgan fingerprint density at radius 3 is 2.50 bits per heavy atom. The molecule has 1 aromatic carbocycles. The Labute approximate surface area is 131 Å². The summed E-state index contributed by atoms with van der Waals surface area (Å²) in [5, 5.41) is 3.80. The molecule has 0 unspecified atom stereocenters. The Kier molecular flexibility index (Phi) is 4.60. The number of aromatic amines is 1. The van der Waals surface area contributed by atoms with Crippen LogP contribution in [0.4, 0.5) is 0 Å². The van der Waals surface area contributed by atoms with Crippen LogP contribution in [0, 0.1) is 0 Å². The fraction of sp³-hybridized carbons (Fsp3) is 0.438. The minimum absolute atomic E-state index is 0.125. The van der Waals surface area contributed by atoms with Crippen LogP contribution < -0.4 is 5.32 Å². The number of carbonyl (C=O) groups excluding carboxylic acids is 1. The number of rotatable bonds is 6. The number of amides is 1. The van der Waals surface area contributed by atoms with Crippen LogP contribution in [0.25, 0.3) is 10.9 Å². The van der Waals surface area contributed by atoms with Crippen molar-refractivity contribution in [3.63, 3.8) is 0 Å². The molecule has 0 saturated carbocycles. The summed E-state index contributed by atoms with van der Waals surface area (Å²) in [5.74, 6) is -0.258. The summed E-state index contributed by atoms with van der Waals surface area (Å²) in [6.07, 6.45) is 3.99. The molecule has 0 spiro atoms. The van der Waals surface area contributed by atoms with E-state index in [1.165, 1.54) is 6.26 Å². The highest BCUT2D eigenvalue weighted by Gasteiger charge is 2.37. The highest BCUT2D eigenvalue weighted by Crippen LogP contribution is 2.24. The van der Waals surface area contributed by atoms with Crippen LogP contribution in [0.15, 0.2) is 30.5 Å². The number of carbonyl (C=O) groups is 1. The molecule has 0 fully saturated rings. The first-order valence-electron chi connectivity index (χ1n) is 7.38. The Morgan fingerprint density at radius 2 is 1.91 bits per heavy atom. The smallest absolute Gasteiger partial charge is 0.251 e. The van der Waals surface area contributed by atoms with Crippen LogP contribution in [-0.4, -0.2) is 36.9 Å². The maximum Gasteiger partial charge on any atom is 0.251 e. The van der Waals surface area contributed by atoms with Gasteiger partial charge in [0, 0.05) is 30.1 Å². The molecule has 0 bridgehead atoms. The van der Waals surface area contributed by atoms with E-state index in [4.69, 9.17) is 0 Å². The molecule has 6 heteroatoms. The normalized spacial score (nSPS) is 12.5. The molecular weight excluding hydrogens is 300 g/mol. The largest absolute Gasteiger partial charge is 0.361 e. The van der Waals surface area contributed by atoms with E-state index >= 15 is 0 Å². The van der Waals surface area contributed by atoms with Gasteiger partial charge in [-0.1, -0.05) is 19.9 Å². The molecule has 120 valence electrons. The standard InChI is InChI=1S/C16H22N2O3S/c1-4-16(5-2,22(3,20)21)11-18-15(19)13-7-6-12-8-9-17-14(12)10-13/h6-10,17H,4-5,11H2,1-3H3,(H,18,19). The highest BCUT2D eigenvalue weighted by molar-refractivity contribution is 7.92. The van der Waals surface area contributed by atoms with E-state index in [1.54, 1.807) is 12.1 Å². The number of aromatic nitrogens is 1. The van der Waals surface area contributed by atoms with Gasteiger partial charge in [-0.25, -0.2) is 8.42 Å². The Hall–Kier alpha value is -1.82. The van der Waals surface area contributed by atoms with Gasteiger partial charge in [-0.2, -0.15) is 0 Å². The van der Waals surface area contributed by atoms with Crippen molar-refractivity contribution in [3.05, 3.63) is 36.0 Å². The van der Waals surface area contributed by atoms with Crippen molar-refractivity contribution in [3.8, 4) is 0 Å². The second-order valence-electron chi connectivity index (χ2n) is 5.62. The van der Waals surface area contributed by atoms with Crippen LogP contribution in [0.1, 0.15) is 37.0 Å². The lowest BCUT2D eigenvalue weighted by Gasteiger charge is -2.29. The summed E-state index contributed by atoms with van der Waals surface area (Å²) in [4.78, 5) is 15.4. The van der Waals surface area contributed by atoms with Gasteiger partial charge >= 0.3 is 0 Å². The van der Waals surface area contributed by atoms with Gasteiger partial charge < -0.3 is 10.3 Å². The highest BCUT2D eigenvalue weighted by atomic mass is 32.2.